The number of rotatable bonds is 9. The maximum absolute atomic E-state index is 13.7. The number of carbonyl (C=O) groups excluding carboxylic acids is 2. The highest BCUT2D eigenvalue weighted by molar-refractivity contribution is 7.99. The normalized spacial score (nSPS) is 11.0. The molecule has 0 unspecified atom stereocenters. The van der Waals surface area contributed by atoms with E-state index in [2.05, 4.69) is 5.32 Å². The van der Waals surface area contributed by atoms with Crippen LogP contribution in [0.25, 0.3) is 10.2 Å². The first kappa shape index (κ1) is 25.5. The Morgan fingerprint density at radius 3 is 2.61 bits per heavy atom. The number of carbonyl (C=O) groups is 2. The molecule has 11 heteroatoms. The van der Waals surface area contributed by atoms with E-state index in [9.17, 15) is 14.4 Å². The molecule has 0 saturated heterocycles. The molecule has 0 aliphatic carbocycles. The molecule has 4 rings (SSSR count). The predicted molar refractivity (Wildman–Crippen MR) is 140 cm³/mol. The van der Waals surface area contributed by atoms with Crippen LogP contribution in [0.2, 0.25) is 0 Å². The van der Waals surface area contributed by atoms with Gasteiger partial charge in [-0.3, -0.25) is 19.0 Å². The number of furan rings is 1. The molecular formula is C25H26N4O5S2. The number of ether oxygens (including phenoxy) is 1. The Bertz CT molecular complexity index is 1440. The Morgan fingerprint density at radius 1 is 1.22 bits per heavy atom. The Morgan fingerprint density at radius 2 is 1.97 bits per heavy atom. The van der Waals surface area contributed by atoms with Crippen molar-refractivity contribution in [1.82, 2.24) is 19.8 Å². The summed E-state index contributed by atoms with van der Waals surface area (Å²) in [5.41, 5.74) is 1.24. The van der Waals surface area contributed by atoms with E-state index in [4.69, 9.17) is 14.1 Å². The second kappa shape index (κ2) is 11.0. The van der Waals surface area contributed by atoms with Gasteiger partial charge in [-0.1, -0.05) is 23.9 Å². The summed E-state index contributed by atoms with van der Waals surface area (Å²) < 4.78 is 12.0. The van der Waals surface area contributed by atoms with Crippen molar-refractivity contribution in [2.24, 2.45) is 0 Å². The van der Waals surface area contributed by atoms with Crippen LogP contribution in [0.4, 0.5) is 0 Å². The summed E-state index contributed by atoms with van der Waals surface area (Å²) in [5, 5.41) is 3.63. The van der Waals surface area contributed by atoms with E-state index in [0.717, 1.165) is 5.56 Å². The number of hydrogen-bond acceptors (Lipinski definition) is 8. The number of hydrogen-bond donors (Lipinski definition) is 1. The Labute approximate surface area is 216 Å². The quantitative estimate of drug-likeness (QED) is 0.263. The number of aromatic nitrogens is 2. The van der Waals surface area contributed by atoms with Crippen LogP contribution in [0.15, 0.2) is 57.0 Å². The van der Waals surface area contributed by atoms with Crippen LogP contribution < -0.4 is 15.6 Å². The van der Waals surface area contributed by atoms with Gasteiger partial charge < -0.3 is 19.4 Å². The third-order valence-electron chi connectivity index (χ3n) is 5.49. The zero-order valence-electron chi connectivity index (χ0n) is 20.4. The molecule has 9 nitrogen and oxygen atoms in total. The van der Waals surface area contributed by atoms with Gasteiger partial charge >= 0.3 is 0 Å². The number of nitrogens with zero attached hydrogens (tertiary/aromatic N) is 3. The van der Waals surface area contributed by atoms with Gasteiger partial charge in [0.05, 0.1) is 42.5 Å². The SMILES string of the molecule is COc1ccc(Cn2c(SCC(=O)NCc3ccco3)nc3sc(C(=O)N(C)C)c(C)c3c2=O)cc1. The molecule has 3 aromatic heterocycles. The van der Waals surface area contributed by atoms with Crippen LogP contribution in [0.3, 0.4) is 0 Å². The van der Waals surface area contributed by atoms with Crippen molar-refractivity contribution in [3.8, 4) is 5.75 Å². The van der Waals surface area contributed by atoms with E-state index in [1.54, 1.807) is 51.1 Å². The first-order chi connectivity index (χ1) is 17.3. The summed E-state index contributed by atoms with van der Waals surface area (Å²) in [6, 6.07) is 10.9. The molecule has 4 aromatic rings. The smallest absolute Gasteiger partial charge is 0.263 e. The predicted octanol–water partition coefficient (Wildman–Crippen LogP) is 3.53. The monoisotopic (exact) mass is 526 g/mol. The van der Waals surface area contributed by atoms with Crippen molar-refractivity contribution in [3.63, 3.8) is 0 Å². The summed E-state index contributed by atoms with van der Waals surface area (Å²) in [5.74, 6) is 1.03. The lowest BCUT2D eigenvalue weighted by Gasteiger charge is -2.13. The molecule has 188 valence electrons. The maximum atomic E-state index is 13.7. The van der Waals surface area contributed by atoms with Gasteiger partial charge in [0.2, 0.25) is 5.91 Å². The highest BCUT2D eigenvalue weighted by atomic mass is 32.2. The molecule has 0 aliphatic heterocycles. The minimum atomic E-state index is -0.249. The lowest BCUT2D eigenvalue weighted by molar-refractivity contribution is -0.118. The summed E-state index contributed by atoms with van der Waals surface area (Å²) in [6.07, 6.45) is 1.55. The minimum absolute atomic E-state index is 0.0646. The van der Waals surface area contributed by atoms with Crippen molar-refractivity contribution in [1.29, 1.82) is 0 Å². The number of thiophene rings is 1. The molecule has 1 N–H and O–H groups in total. The lowest BCUT2D eigenvalue weighted by Crippen LogP contribution is -2.27. The molecule has 0 atom stereocenters. The Balaban J connectivity index is 1.68. The fourth-order valence-electron chi connectivity index (χ4n) is 3.55. The molecule has 0 saturated carbocycles. The first-order valence-corrected chi connectivity index (χ1v) is 12.9. The maximum Gasteiger partial charge on any atom is 0.263 e. The van der Waals surface area contributed by atoms with E-state index >= 15 is 0 Å². The first-order valence-electron chi connectivity index (χ1n) is 11.1. The van der Waals surface area contributed by atoms with Gasteiger partial charge in [-0.15, -0.1) is 11.3 Å². The summed E-state index contributed by atoms with van der Waals surface area (Å²) in [6.45, 7) is 2.30. The van der Waals surface area contributed by atoms with Crippen molar-refractivity contribution >= 4 is 45.1 Å². The highest BCUT2D eigenvalue weighted by Crippen LogP contribution is 2.30. The van der Waals surface area contributed by atoms with Crippen molar-refractivity contribution in [2.75, 3.05) is 27.0 Å². The van der Waals surface area contributed by atoms with E-state index in [-0.39, 0.29) is 36.2 Å². The van der Waals surface area contributed by atoms with Gasteiger partial charge in [-0.05, 0) is 42.3 Å². The molecule has 0 spiro atoms. The molecule has 36 heavy (non-hydrogen) atoms. The molecule has 0 bridgehead atoms. The van der Waals surface area contributed by atoms with Crippen LogP contribution in [-0.4, -0.2) is 53.2 Å². The second-order valence-corrected chi connectivity index (χ2v) is 10.2. The highest BCUT2D eigenvalue weighted by Gasteiger charge is 2.23. The number of benzene rings is 1. The van der Waals surface area contributed by atoms with Gasteiger partial charge in [0, 0.05) is 14.1 Å². The largest absolute Gasteiger partial charge is 0.497 e. The second-order valence-electron chi connectivity index (χ2n) is 8.21. The molecule has 1 aromatic carbocycles. The van der Waals surface area contributed by atoms with Crippen molar-refractivity contribution < 1.29 is 18.7 Å². The molecule has 0 aliphatic rings. The average molecular weight is 527 g/mol. The third-order valence-corrected chi connectivity index (χ3v) is 7.64. The number of amides is 2. The number of aryl methyl sites for hydroxylation is 1. The lowest BCUT2D eigenvalue weighted by atomic mass is 10.2. The van der Waals surface area contributed by atoms with Crippen molar-refractivity contribution in [2.45, 2.75) is 25.2 Å². The fraction of sp³-hybridized carbons (Fsp3) is 0.280. The Kier molecular flexibility index (Phi) is 7.80. The number of thioether (sulfide) groups is 1. The Hall–Kier alpha value is -3.57. The fourth-order valence-corrected chi connectivity index (χ4v) is 5.62. The molecule has 2 amide bonds. The van der Waals surface area contributed by atoms with Gasteiger partial charge in [0.15, 0.2) is 5.16 Å². The average Bonchev–Trinajstić information content (AvgIpc) is 3.51. The van der Waals surface area contributed by atoms with E-state index in [1.165, 1.54) is 28.0 Å². The zero-order valence-corrected chi connectivity index (χ0v) is 22.0. The van der Waals surface area contributed by atoms with Crippen LogP contribution in [-0.2, 0) is 17.9 Å². The number of fused-ring (bicyclic) bond motifs is 1. The summed E-state index contributed by atoms with van der Waals surface area (Å²) >= 11 is 2.37. The summed E-state index contributed by atoms with van der Waals surface area (Å²) in [4.78, 5) is 46.0. The number of methoxy groups -OCH3 is 1. The zero-order chi connectivity index (χ0) is 25.8. The standard InChI is InChI=1S/C25H26N4O5S2/c1-15-20-22(36-21(15)24(32)28(2)3)27-25(35-14-19(30)26-12-18-6-5-11-34-18)29(23(20)31)13-16-7-9-17(33-4)10-8-16/h5-11H,12-14H2,1-4H3,(H,26,30). The third kappa shape index (κ3) is 5.47. The van der Waals surface area contributed by atoms with E-state index < -0.39 is 0 Å². The van der Waals surface area contributed by atoms with E-state index in [1.807, 2.05) is 24.3 Å². The molecule has 0 fully saturated rings. The van der Waals surface area contributed by atoms with Crippen LogP contribution in [0.1, 0.15) is 26.6 Å². The molecule has 3 heterocycles. The van der Waals surface area contributed by atoms with E-state index in [0.29, 0.717) is 37.3 Å². The van der Waals surface area contributed by atoms with Crippen molar-refractivity contribution in [3.05, 3.63) is 74.8 Å². The van der Waals surface area contributed by atoms with Crippen LogP contribution in [0, 0.1) is 6.92 Å². The molecular weight excluding hydrogens is 500 g/mol. The van der Waals surface area contributed by atoms with Gasteiger partial charge in [0.1, 0.15) is 16.3 Å². The van der Waals surface area contributed by atoms with Crippen LogP contribution >= 0.6 is 23.1 Å². The summed E-state index contributed by atoms with van der Waals surface area (Å²) in [7, 11) is 4.93. The minimum Gasteiger partial charge on any atom is -0.497 e. The van der Waals surface area contributed by atoms with Crippen LogP contribution in [0.5, 0.6) is 5.75 Å². The van der Waals surface area contributed by atoms with Gasteiger partial charge in [-0.25, -0.2) is 4.98 Å². The number of nitrogens with one attached hydrogen (secondary N) is 1. The topological polar surface area (TPSA) is 107 Å². The van der Waals surface area contributed by atoms with Gasteiger partial charge in [-0.2, -0.15) is 0 Å². The molecule has 0 radical (unpaired) electrons. The van der Waals surface area contributed by atoms with Gasteiger partial charge in [0.25, 0.3) is 11.5 Å².